The van der Waals surface area contributed by atoms with Crippen molar-refractivity contribution in [1.29, 1.82) is 0 Å². The smallest absolute Gasteiger partial charge is 0.335 e. The van der Waals surface area contributed by atoms with E-state index in [1.54, 1.807) is 24.3 Å². The van der Waals surface area contributed by atoms with Crippen molar-refractivity contribution in [1.82, 2.24) is 5.32 Å². The maximum absolute atomic E-state index is 13.6. The molecule has 0 saturated carbocycles. The van der Waals surface area contributed by atoms with Crippen molar-refractivity contribution in [2.24, 2.45) is 0 Å². The number of urea groups is 1. The number of fused-ring (bicyclic) bond motifs is 1. The number of aryl methyl sites for hydroxylation is 1. The molecule has 4 aromatic carbocycles. The standard InChI is InChI=1S/C33H30N2O5/c1-3-4-19-39-26-16-14-25(15-17-26)35-32(37)29(31(36)34-33(35)38)20-28-27-8-6-5-7-24(27)13-18-30(28)40-21-23-11-9-22(2)10-12-23/h5-18,20H,3-4,19,21H2,1-2H3,(H,34,36,38)/b29-20-. The number of anilines is 1. The number of nitrogens with zero attached hydrogens (tertiary/aromatic N) is 1. The third kappa shape index (κ3) is 5.73. The second kappa shape index (κ2) is 11.9. The summed E-state index contributed by atoms with van der Waals surface area (Å²) in [5, 5.41) is 4.04. The number of hydrogen-bond donors (Lipinski definition) is 1. The molecular formula is C33H30N2O5. The molecule has 1 fully saturated rings. The van der Waals surface area contributed by atoms with E-state index in [0.717, 1.165) is 39.6 Å². The van der Waals surface area contributed by atoms with Crippen molar-refractivity contribution in [2.45, 2.75) is 33.3 Å². The molecule has 202 valence electrons. The SMILES string of the molecule is CCCCOc1ccc(N2C(=O)NC(=O)/C(=C/c3c(OCc4ccc(C)cc4)ccc4ccccc34)C2=O)cc1. The van der Waals surface area contributed by atoms with Crippen LogP contribution in [0.2, 0.25) is 0 Å². The summed E-state index contributed by atoms with van der Waals surface area (Å²) < 4.78 is 11.9. The zero-order valence-corrected chi connectivity index (χ0v) is 22.5. The van der Waals surface area contributed by atoms with Crippen LogP contribution in [0.1, 0.15) is 36.5 Å². The van der Waals surface area contributed by atoms with Gasteiger partial charge in [0, 0.05) is 5.56 Å². The fourth-order valence-electron chi connectivity index (χ4n) is 4.46. The largest absolute Gasteiger partial charge is 0.494 e. The highest BCUT2D eigenvalue weighted by Crippen LogP contribution is 2.32. The van der Waals surface area contributed by atoms with Crippen LogP contribution in [0.5, 0.6) is 11.5 Å². The third-order valence-electron chi connectivity index (χ3n) is 6.70. The number of imide groups is 2. The first-order chi connectivity index (χ1) is 19.4. The Bertz CT molecular complexity index is 1590. The molecule has 0 bridgehead atoms. The Morgan fingerprint density at radius 2 is 1.60 bits per heavy atom. The van der Waals surface area contributed by atoms with Crippen molar-refractivity contribution in [2.75, 3.05) is 11.5 Å². The summed E-state index contributed by atoms with van der Waals surface area (Å²) in [4.78, 5) is 40.3. The van der Waals surface area contributed by atoms with E-state index in [-0.39, 0.29) is 5.57 Å². The molecule has 0 atom stereocenters. The Balaban J connectivity index is 1.49. The highest BCUT2D eigenvalue weighted by atomic mass is 16.5. The Morgan fingerprint density at radius 3 is 2.35 bits per heavy atom. The molecule has 4 amide bonds. The number of benzene rings is 4. The van der Waals surface area contributed by atoms with E-state index < -0.39 is 17.8 Å². The minimum absolute atomic E-state index is 0.167. The van der Waals surface area contributed by atoms with Crippen LogP contribution in [-0.2, 0) is 16.2 Å². The molecule has 1 aliphatic rings. The van der Waals surface area contributed by atoms with Crippen LogP contribution in [0.4, 0.5) is 10.5 Å². The third-order valence-corrected chi connectivity index (χ3v) is 6.70. The number of rotatable bonds is 9. The maximum atomic E-state index is 13.6. The van der Waals surface area contributed by atoms with Crippen molar-refractivity contribution in [3.05, 3.63) is 107 Å². The Morgan fingerprint density at radius 1 is 0.850 bits per heavy atom. The van der Waals surface area contributed by atoms with E-state index in [0.29, 0.717) is 36.0 Å². The normalized spacial score (nSPS) is 14.5. The van der Waals surface area contributed by atoms with Crippen LogP contribution in [0.15, 0.2) is 90.5 Å². The number of nitrogens with one attached hydrogen (secondary N) is 1. The van der Waals surface area contributed by atoms with Crippen molar-refractivity contribution < 1.29 is 23.9 Å². The highest BCUT2D eigenvalue weighted by Gasteiger charge is 2.37. The van der Waals surface area contributed by atoms with Crippen LogP contribution in [0.25, 0.3) is 16.8 Å². The molecule has 7 heteroatoms. The van der Waals surface area contributed by atoms with Gasteiger partial charge < -0.3 is 9.47 Å². The van der Waals surface area contributed by atoms with E-state index in [9.17, 15) is 14.4 Å². The van der Waals surface area contributed by atoms with Crippen LogP contribution in [0.3, 0.4) is 0 Å². The summed E-state index contributed by atoms with van der Waals surface area (Å²) in [5.41, 5.74) is 2.89. The number of ether oxygens (including phenoxy) is 2. The van der Waals surface area contributed by atoms with Crippen LogP contribution in [0, 0.1) is 6.92 Å². The minimum atomic E-state index is -0.805. The lowest BCUT2D eigenvalue weighted by molar-refractivity contribution is -0.122. The summed E-state index contributed by atoms with van der Waals surface area (Å²) in [7, 11) is 0. The fraction of sp³-hybridized carbons (Fsp3) is 0.182. The average Bonchev–Trinajstić information content (AvgIpc) is 2.96. The van der Waals surface area contributed by atoms with Gasteiger partial charge in [-0.1, -0.05) is 73.5 Å². The maximum Gasteiger partial charge on any atom is 0.335 e. The van der Waals surface area contributed by atoms with E-state index in [2.05, 4.69) is 12.2 Å². The molecule has 7 nitrogen and oxygen atoms in total. The molecule has 1 saturated heterocycles. The van der Waals surface area contributed by atoms with Gasteiger partial charge >= 0.3 is 6.03 Å². The van der Waals surface area contributed by atoms with Gasteiger partial charge in [-0.25, -0.2) is 9.69 Å². The lowest BCUT2D eigenvalue weighted by atomic mass is 9.99. The molecule has 40 heavy (non-hydrogen) atoms. The molecular weight excluding hydrogens is 504 g/mol. The van der Waals surface area contributed by atoms with Crippen molar-refractivity contribution in [3.63, 3.8) is 0 Å². The first kappa shape index (κ1) is 26.7. The van der Waals surface area contributed by atoms with E-state index in [1.165, 1.54) is 6.08 Å². The summed E-state index contributed by atoms with van der Waals surface area (Å²) in [6.45, 7) is 5.00. The van der Waals surface area contributed by atoms with Crippen LogP contribution < -0.4 is 19.7 Å². The van der Waals surface area contributed by atoms with Gasteiger partial charge in [0.1, 0.15) is 23.7 Å². The lowest BCUT2D eigenvalue weighted by Gasteiger charge is -2.26. The van der Waals surface area contributed by atoms with Crippen LogP contribution >= 0.6 is 0 Å². The van der Waals surface area contributed by atoms with Gasteiger partial charge in [0.05, 0.1) is 12.3 Å². The monoisotopic (exact) mass is 534 g/mol. The van der Waals surface area contributed by atoms with Gasteiger partial charge in [0.2, 0.25) is 0 Å². The molecule has 0 radical (unpaired) electrons. The minimum Gasteiger partial charge on any atom is -0.494 e. The Kier molecular flexibility index (Phi) is 7.92. The molecule has 0 aromatic heterocycles. The zero-order valence-electron chi connectivity index (χ0n) is 22.5. The zero-order chi connectivity index (χ0) is 28.1. The van der Waals surface area contributed by atoms with Crippen molar-refractivity contribution >= 4 is 40.4 Å². The average molecular weight is 535 g/mol. The number of barbiturate groups is 1. The summed E-state index contributed by atoms with van der Waals surface area (Å²) in [6.07, 6.45) is 3.45. The fourth-order valence-corrected chi connectivity index (χ4v) is 4.46. The second-order valence-corrected chi connectivity index (χ2v) is 9.63. The number of hydrogen-bond acceptors (Lipinski definition) is 5. The van der Waals surface area contributed by atoms with Gasteiger partial charge in [-0.05, 0) is 66.1 Å². The van der Waals surface area contributed by atoms with Gasteiger partial charge in [0.25, 0.3) is 11.8 Å². The molecule has 0 unspecified atom stereocenters. The van der Waals surface area contributed by atoms with Gasteiger partial charge in [-0.2, -0.15) is 0 Å². The van der Waals surface area contributed by atoms with Crippen molar-refractivity contribution in [3.8, 4) is 11.5 Å². The summed E-state index contributed by atoms with van der Waals surface area (Å²) in [5.74, 6) is -0.321. The van der Waals surface area contributed by atoms with E-state index in [1.807, 2.05) is 67.6 Å². The van der Waals surface area contributed by atoms with Gasteiger partial charge in [0.15, 0.2) is 0 Å². The lowest BCUT2D eigenvalue weighted by Crippen LogP contribution is -2.54. The topological polar surface area (TPSA) is 84.9 Å². The molecule has 1 aliphatic heterocycles. The number of carbonyl (C=O) groups is 3. The summed E-state index contributed by atoms with van der Waals surface area (Å²) in [6, 6.07) is 25.3. The highest BCUT2D eigenvalue weighted by molar-refractivity contribution is 6.39. The molecule has 1 heterocycles. The second-order valence-electron chi connectivity index (χ2n) is 9.63. The Labute approximate surface area is 233 Å². The quantitative estimate of drug-likeness (QED) is 0.149. The Hall–Kier alpha value is -4.91. The summed E-state index contributed by atoms with van der Waals surface area (Å²) >= 11 is 0. The predicted molar refractivity (Wildman–Crippen MR) is 155 cm³/mol. The first-order valence-corrected chi connectivity index (χ1v) is 13.3. The number of unbranched alkanes of at least 4 members (excludes halogenated alkanes) is 1. The predicted octanol–water partition coefficient (Wildman–Crippen LogP) is 6.57. The first-order valence-electron chi connectivity index (χ1n) is 13.3. The molecule has 1 N–H and O–H groups in total. The molecule has 4 aromatic rings. The van der Waals surface area contributed by atoms with E-state index >= 15 is 0 Å². The van der Waals surface area contributed by atoms with Crippen LogP contribution in [-0.4, -0.2) is 24.5 Å². The van der Waals surface area contributed by atoms with E-state index in [4.69, 9.17) is 9.47 Å². The number of amides is 4. The van der Waals surface area contributed by atoms with Gasteiger partial charge in [-0.15, -0.1) is 0 Å². The number of carbonyl (C=O) groups excluding carboxylic acids is 3. The van der Waals surface area contributed by atoms with Gasteiger partial charge in [-0.3, -0.25) is 14.9 Å². The molecule has 5 rings (SSSR count). The molecule has 0 aliphatic carbocycles. The molecule has 0 spiro atoms.